The Bertz CT molecular complexity index is 2050. The summed E-state index contributed by atoms with van der Waals surface area (Å²) in [4.78, 5) is 11.9. The molecule has 0 aliphatic carbocycles. The van der Waals surface area contributed by atoms with Crippen molar-refractivity contribution in [1.82, 2.24) is 9.97 Å². The second kappa shape index (κ2) is 11.3. The van der Waals surface area contributed by atoms with E-state index in [1.807, 2.05) is 60.9 Å². The minimum Gasteiger partial charge on any atom is -0.457 e. The minimum absolute atomic E-state index is 0.700. The standard InChI is InChI=1S/C41H29N3O/c1-2-16-32(17-3-1)44-38-23-6-4-20-35(38)41(40-25-9-11-27-43-40,36-21-5-7-24-39(36)44)31-15-13-19-34(29-31)45-33-18-12-14-30(28-33)37-22-8-10-26-42-37/h1-29H. The second-order valence-electron chi connectivity index (χ2n) is 11.0. The van der Waals surface area contributed by atoms with Gasteiger partial charge in [-0.05, 0) is 89.5 Å². The third-order valence-electron chi connectivity index (χ3n) is 8.46. The summed E-state index contributed by atoms with van der Waals surface area (Å²) in [5, 5.41) is 0. The van der Waals surface area contributed by atoms with Crippen molar-refractivity contribution in [1.29, 1.82) is 0 Å². The van der Waals surface area contributed by atoms with Crippen molar-refractivity contribution in [2.45, 2.75) is 5.41 Å². The van der Waals surface area contributed by atoms with Crippen molar-refractivity contribution >= 4 is 17.1 Å². The lowest BCUT2D eigenvalue weighted by molar-refractivity contribution is 0.481. The summed E-state index contributed by atoms with van der Waals surface area (Å²) in [7, 11) is 0. The monoisotopic (exact) mass is 579 g/mol. The highest BCUT2D eigenvalue weighted by Gasteiger charge is 2.47. The van der Waals surface area contributed by atoms with Crippen LogP contribution in [-0.2, 0) is 5.41 Å². The Morgan fingerprint density at radius 3 is 1.80 bits per heavy atom. The zero-order valence-electron chi connectivity index (χ0n) is 24.5. The lowest BCUT2D eigenvalue weighted by Gasteiger charge is -2.45. The van der Waals surface area contributed by atoms with Crippen LogP contribution in [0.15, 0.2) is 176 Å². The van der Waals surface area contributed by atoms with Crippen LogP contribution in [0.5, 0.6) is 11.5 Å². The Hall–Kier alpha value is -6.00. The average Bonchev–Trinajstić information content (AvgIpc) is 3.12. The molecule has 7 aromatic rings. The van der Waals surface area contributed by atoms with Crippen LogP contribution in [0, 0.1) is 0 Å². The summed E-state index contributed by atoms with van der Waals surface area (Å²) in [6.07, 6.45) is 3.69. The molecule has 214 valence electrons. The fourth-order valence-corrected chi connectivity index (χ4v) is 6.60. The van der Waals surface area contributed by atoms with Crippen LogP contribution < -0.4 is 9.64 Å². The fraction of sp³-hybridized carbons (Fsp3) is 0.0244. The number of pyridine rings is 2. The van der Waals surface area contributed by atoms with E-state index < -0.39 is 5.41 Å². The number of anilines is 3. The van der Waals surface area contributed by atoms with Crippen molar-refractivity contribution < 1.29 is 4.74 Å². The topological polar surface area (TPSA) is 38.2 Å². The lowest BCUT2D eigenvalue weighted by Crippen LogP contribution is -2.38. The lowest BCUT2D eigenvalue weighted by atomic mass is 9.64. The van der Waals surface area contributed by atoms with Gasteiger partial charge in [-0.3, -0.25) is 9.97 Å². The number of fused-ring (bicyclic) bond motifs is 2. The Labute approximate surface area is 262 Å². The van der Waals surface area contributed by atoms with E-state index in [0.29, 0.717) is 0 Å². The molecule has 0 N–H and O–H groups in total. The van der Waals surface area contributed by atoms with E-state index in [1.54, 1.807) is 0 Å². The first-order valence-corrected chi connectivity index (χ1v) is 15.1. The first kappa shape index (κ1) is 26.6. The molecule has 0 saturated carbocycles. The number of hydrogen-bond acceptors (Lipinski definition) is 4. The van der Waals surface area contributed by atoms with E-state index in [4.69, 9.17) is 9.72 Å². The van der Waals surface area contributed by atoms with E-state index >= 15 is 0 Å². The van der Waals surface area contributed by atoms with Gasteiger partial charge in [0.25, 0.3) is 0 Å². The zero-order valence-corrected chi connectivity index (χ0v) is 24.5. The highest BCUT2D eigenvalue weighted by atomic mass is 16.5. The van der Waals surface area contributed by atoms with Gasteiger partial charge in [-0.1, -0.05) is 91.0 Å². The Morgan fingerprint density at radius 1 is 0.489 bits per heavy atom. The van der Waals surface area contributed by atoms with E-state index in [1.165, 1.54) is 0 Å². The third kappa shape index (κ3) is 4.55. The molecule has 0 atom stereocenters. The van der Waals surface area contributed by atoms with E-state index in [9.17, 15) is 0 Å². The van der Waals surface area contributed by atoms with Crippen molar-refractivity contribution in [3.8, 4) is 22.8 Å². The van der Waals surface area contributed by atoms with Crippen LogP contribution in [0.1, 0.15) is 22.4 Å². The Morgan fingerprint density at radius 2 is 1.11 bits per heavy atom. The van der Waals surface area contributed by atoms with Gasteiger partial charge in [0.2, 0.25) is 0 Å². The van der Waals surface area contributed by atoms with E-state index in [-0.39, 0.29) is 0 Å². The average molecular weight is 580 g/mol. The van der Waals surface area contributed by atoms with Gasteiger partial charge in [0, 0.05) is 23.6 Å². The first-order valence-electron chi connectivity index (χ1n) is 15.1. The molecule has 2 aromatic heterocycles. The van der Waals surface area contributed by atoms with Gasteiger partial charge in [-0.15, -0.1) is 0 Å². The Balaban J connectivity index is 1.33. The van der Waals surface area contributed by atoms with Crippen molar-refractivity contribution in [2.75, 3.05) is 4.90 Å². The minimum atomic E-state index is -0.700. The van der Waals surface area contributed by atoms with Gasteiger partial charge < -0.3 is 9.64 Å². The van der Waals surface area contributed by atoms with Crippen LogP contribution in [0.4, 0.5) is 17.1 Å². The van der Waals surface area contributed by atoms with Crippen molar-refractivity contribution in [3.05, 3.63) is 199 Å². The smallest absolute Gasteiger partial charge is 0.128 e. The highest BCUT2D eigenvalue weighted by Crippen LogP contribution is 2.57. The molecule has 0 amide bonds. The predicted molar refractivity (Wildman–Crippen MR) is 181 cm³/mol. The van der Waals surface area contributed by atoms with Gasteiger partial charge in [-0.25, -0.2) is 0 Å². The molecular formula is C41H29N3O. The number of para-hydroxylation sites is 3. The summed E-state index contributed by atoms with van der Waals surface area (Å²) in [5.41, 5.74) is 8.88. The number of aromatic nitrogens is 2. The largest absolute Gasteiger partial charge is 0.457 e. The maximum Gasteiger partial charge on any atom is 0.128 e. The normalized spacial score (nSPS) is 13.0. The van der Waals surface area contributed by atoms with Gasteiger partial charge in [0.05, 0.1) is 28.2 Å². The number of hydrogen-bond donors (Lipinski definition) is 0. The number of ether oxygens (including phenoxy) is 1. The molecule has 0 radical (unpaired) electrons. The van der Waals surface area contributed by atoms with Gasteiger partial charge in [-0.2, -0.15) is 0 Å². The van der Waals surface area contributed by atoms with Crippen molar-refractivity contribution in [3.63, 3.8) is 0 Å². The molecule has 4 heteroatoms. The summed E-state index contributed by atoms with van der Waals surface area (Å²) in [5.74, 6) is 1.50. The summed E-state index contributed by atoms with van der Waals surface area (Å²) >= 11 is 0. The van der Waals surface area contributed by atoms with Gasteiger partial charge >= 0.3 is 0 Å². The molecule has 8 rings (SSSR count). The molecule has 1 aliphatic rings. The van der Waals surface area contributed by atoms with Crippen LogP contribution in [-0.4, -0.2) is 9.97 Å². The molecule has 45 heavy (non-hydrogen) atoms. The molecule has 0 bridgehead atoms. The van der Waals surface area contributed by atoms with E-state index in [0.717, 1.165) is 62.2 Å². The van der Waals surface area contributed by atoms with Crippen LogP contribution in [0.2, 0.25) is 0 Å². The third-order valence-corrected chi connectivity index (χ3v) is 8.46. The SMILES string of the molecule is c1ccc(N2c3ccccc3C(c3cccc(Oc4cccc(-c5ccccn5)c4)c3)(c3ccccn3)c3ccccc32)cc1. The second-order valence-corrected chi connectivity index (χ2v) is 11.0. The molecule has 5 aromatic carbocycles. The zero-order chi connectivity index (χ0) is 30.1. The molecule has 1 aliphatic heterocycles. The van der Waals surface area contributed by atoms with Gasteiger partial charge in [0.15, 0.2) is 0 Å². The molecule has 4 nitrogen and oxygen atoms in total. The van der Waals surface area contributed by atoms with Crippen LogP contribution >= 0.6 is 0 Å². The quantitative estimate of drug-likeness (QED) is 0.196. The number of rotatable bonds is 6. The number of nitrogens with zero attached hydrogens (tertiary/aromatic N) is 3. The summed E-state index contributed by atoms with van der Waals surface area (Å²) in [6.45, 7) is 0. The van der Waals surface area contributed by atoms with E-state index in [2.05, 4.69) is 125 Å². The maximum absolute atomic E-state index is 6.56. The highest BCUT2D eigenvalue weighted by molar-refractivity contribution is 5.89. The summed E-state index contributed by atoms with van der Waals surface area (Å²) < 4.78 is 6.56. The predicted octanol–water partition coefficient (Wildman–Crippen LogP) is 10.1. The molecule has 0 fully saturated rings. The molecule has 0 unspecified atom stereocenters. The molecular weight excluding hydrogens is 550 g/mol. The molecule has 3 heterocycles. The first-order chi connectivity index (χ1) is 22.3. The van der Waals surface area contributed by atoms with Crippen molar-refractivity contribution in [2.24, 2.45) is 0 Å². The fourth-order valence-electron chi connectivity index (χ4n) is 6.60. The number of benzene rings is 5. The van der Waals surface area contributed by atoms with Crippen LogP contribution in [0.25, 0.3) is 11.3 Å². The van der Waals surface area contributed by atoms with Gasteiger partial charge in [0.1, 0.15) is 11.5 Å². The molecule has 0 spiro atoms. The van der Waals surface area contributed by atoms with Crippen LogP contribution in [0.3, 0.4) is 0 Å². The Kier molecular flexibility index (Phi) is 6.65. The molecule has 0 saturated heterocycles. The maximum atomic E-state index is 6.56. The summed E-state index contributed by atoms with van der Waals surface area (Å²) in [6, 6.07) is 56.5.